The number of hydrogen-bond donors (Lipinski definition) is 1. The van der Waals surface area contributed by atoms with Crippen molar-refractivity contribution >= 4 is 11.8 Å². The summed E-state index contributed by atoms with van der Waals surface area (Å²) < 4.78 is 5.13. The molecule has 1 aromatic rings. The number of aliphatic hydroxyl groups excluding tert-OH is 1. The van der Waals surface area contributed by atoms with E-state index in [1.165, 1.54) is 5.56 Å². The average molecular weight is 269 g/mol. The van der Waals surface area contributed by atoms with Gasteiger partial charge in [-0.05, 0) is 31.2 Å². The van der Waals surface area contributed by atoms with E-state index in [9.17, 15) is 0 Å². The first kappa shape index (κ1) is 15.3. The van der Waals surface area contributed by atoms with Gasteiger partial charge < -0.3 is 14.7 Å². The molecule has 0 aliphatic carbocycles. The van der Waals surface area contributed by atoms with Crippen LogP contribution in [0.2, 0.25) is 0 Å². The fourth-order valence-corrected chi connectivity index (χ4v) is 2.60. The minimum atomic E-state index is 0.281. The highest BCUT2D eigenvalue weighted by atomic mass is 32.2. The molecule has 0 saturated carbocycles. The van der Waals surface area contributed by atoms with Crippen LogP contribution >= 0.6 is 11.8 Å². The van der Waals surface area contributed by atoms with Crippen LogP contribution in [0.25, 0.3) is 0 Å². The van der Waals surface area contributed by atoms with Crippen LogP contribution in [0.3, 0.4) is 0 Å². The van der Waals surface area contributed by atoms with Crippen LogP contribution in [0.1, 0.15) is 12.0 Å². The van der Waals surface area contributed by atoms with Crippen molar-refractivity contribution in [3.63, 3.8) is 0 Å². The van der Waals surface area contributed by atoms with E-state index < -0.39 is 0 Å². The van der Waals surface area contributed by atoms with E-state index in [0.29, 0.717) is 0 Å². The number of ether oxygens (including phenoxy) is 1. The molecule has 3 nitrogen and oxygen atoms in total. The van der Waals surface area contributed by atoms with E-state index in [-0.39, 0.29) is 6.61 Å². The van der Waals surface area contributed by atoms with Gasteiger partial charge in [-0.2, -0.15) is 11.8 Å². The Hall–Kier alpha value is -0.710. The summed E-state index contributed by atoms with van der Waals surface area (Å²) >= 11 is 1.94. The van der Waals surface area contributed by atoms with Crippen molar-refractivity contribution in [1.29, 1.82) is 0 Å². The van der Waals surface area contributed by atoms with Crippen molar-refractivity contribution in [3.8, 4) is 5.75 Å². The number of thioether (sulfide) groups is 1. The number of hydrogen-bond acceptors (Lipinski definition) is 4. The summed E-state index contributed by atoms with van der Waals surface area (Å²) in [4.78, 5) is 2.26. The molecule has 0 radical (unpaired) electrons. The molecule has 1 aromatic carbocycles. The zero-order valence-corrected chi connectivity index (χ0v) is 12.1. The number of benzene rings is 1. The third kappa shape index (κ3) is 6.28. The van der Waals surface area contributed by atoms with Gasteiger partial charge in [0.2, 0.25) is 0 Å². The van der Waals surface area contributed by atoms with Gasteiger partial charge >= 0.3 is 0 Å². The molecular formula is C14H23NO2S. The lowest BCUT2D eigenvalue weighted by Gasteiger charge is -2.15. The minimum Gasteiger partial charge on any atom is -0.497 e. The predicted molar refractivity (Wildman–Crippen MR) is 78.4 cm³/mol. The number of nitrogens with zero attached hydrogens (tertiary/aromatic N) is 1. The van der Waals surface area contributed by atoms with Crippen molar-refractivity contribution in [1.82, 2.24) is 4.90 Å². The molecule has 102 valence electrons. The van der Waals surface area contributed by atoms with Crippen molar-refractivity contribution in [2.45, 2.75) is 12.2 Å². The number of rotatable bonds is 9. The summed E-state index contributed by atoms with van der Waals surface area (Å²) in [5.74, 6) is 3.07. The summed E-state index contributed by atoms with van der Waals surface area (Å²) in [6.45, 7) is 2.32. The summed E-state index contributed by atoms with van der Waals surface area (Å²) in [5.41, 5.74) is 1.33. The molecule has 0 heterocycles. The van der Waals surface area contributed by atoms with E-state index in [1.54, 1.807) is 7.11 Å². The lowest BCUT2D eigenvalue weighted by atomic mass is 10.2. The Morgan fingerprint density at radius 3 is 2.56 bits per heavy atom. The maximum absolute atomic E-state index is 8.74. The molecule has 0 unspecified atom stereocenters. The minimum absolute atomic E-state index is 0.281. The molecule has 0 aliphatic heterocycles. The van der Waals surface area contributed by atoms with Gasteiger partial charge in [0, 0.05) is 31.2 Å². The Morgan fingerprint density at radius 2 is 1.94 bits per heavy atom. The SMILES string of the molecule is COc1ccc(CSCCN(C)CCCO)cc1. The summed E-state index contributed by atoms with van der Waals surface area (Å²) in [5, 5.41) is 8.74. The molecule has 0 saturated heterocycles. The van der Waals surface area contributed by atoms with Gasteiger partial charge in [0.25, 0.3) is 0 Å². The molecule has 1 N–H and O–H groups in total. The molecule has 0 aliphatic rings. The lowest BCUT2D eigenvalue weighted by Crippen LogP contribution is -2.23. The quantitative estimate of drug-likeness (QED) is 0.697. The molecule has 0 amide bonds. The van der Waals surface area contributed by atoms with E-state index in [4.69, 9.17) is 9.84 Å². The van der Waals surface area contributed by atoms with E-state index in [1.807, 2.05) is 23.9 Å². The molecule has 0 atom stereocenters. The van der Waals surface area contributed by atoms with Gasteiger partial charge in [-0.3, -0.25) is 0 Å². The van der Waals surface area contributed by atoms with Crippen molar-refractivity contribution in [2.75, 3.05) is 39.6 Å². The summed E-state index contributed by atoms with van der Waals surface area (Å²) in [6, 6.07) is 8.23. The van der Waals surface area contributed by atoms with Gasteiger partial charge in [0.1, 0.15) is 5.75 Å². The highest BCUT2D eigenvalue weighted by molar-refractivity contribution is 7.98. The van der Waals surface area contributed by atoms with Gasteiger partial charge in [-0.25, -0.2) is 0 Å². The van der Waals surface area contributed by atoms with Crippen LogP contribution in [0.5, 0.6) is 5.75 Å². The molecular weight excluding hydrogens is 246 g/mol. The van der Waals surface area contributed by atoms with Crippen LogP contribution in [0.15, 0.2) is 24.3 Å². The molecule has 0 spiro atoms. The zero-order chi connectivity index (χ0) is 13.2. The first-order valence-corrected chi connectivity index (χ1v) is 7.42. The van der Waals surface area contributed by atoms with Crippen LogP contribution in [-0.4, -0.2) is 49.6 Å². The largest absolute Gasteiger partial charge is 0.497 e. The molecule has 0 fully saturated rings. The Labute approximate surface area is 114 Å². The molecule has 0 aromatic heterocycles. The second-order valence-corrected chi connectivity index (χ2v) is 5.39. The first-order valence-electron chi connectivity index (χ1n) is 6.26. The van der Waals surface area contributed by atoms with E-state index >= 15 is 0 Å². The maximum atomic E-state index is 8.74. The standard InChI is InChI=1S/C14H23NO2S/c1-15(8-3-10-16)9-11-18-12-13-4-6-14(17-2)7-5-13/h4-7,16H,3,8-12H2,1-2H3. The Balaban J connectivity index is 2.13. The van der Waals surface area contributed by atoms with E-state index in [0.717, 1.165) is 36.8 Å². The van der Waals surface area contributed by atoms with Crippen LogP contribution < -0.4 is 4.74 Å². The maximum Gasteiger partial charge on any atom is 0.118 e. The van der Waals surface area contributed by atoms with Crippen molar-refractivity contribution in [3.05, 3.63) is 29.8 Å². The third-order valence-corrected chi connectivity index (χ3v) is 3.75. The average Bonchev–Trinajstić information content (AvgIpc) is 2.42. The normalized spacial score (nSPS) is 10.9. The number of methoxy groups -OCH3 is 1. The Morgan fingerprint density at radius 1 is 1.22 bits per heavy atom. The van der Waals surface area contributed by atoms with Crippen molar-refractivity contribution < 1.29 is 9.84 Å². The topological polar surface area (TPSA) is 32.7 Å². The van der Waals surface area contributed by atoms with Gasteiger partial charge in [-0.1, -0.05) is 12.1 Å². The third-order valence-electron chi connectivity index (χ3n) is 2.74. The predicted octanol–water partition coefficient (Wildman–Crippen LogP) is 2.24. The van der Waals surface area contributed by atoms with Crippen LogP contribution in [0.4, 0.5) is 0 Å². The van der Waals surface area contributed by atoms with Crippen LogP contribution in [-0.2, 0) is 5.75 Å². The fraction of sp³-hybridized carbons (Fsp3) is 0.571. The molecule has 0 bridgehead atoms. The summed E-state index contributed by atoms with van der Waals surface area (Å²) in [6.07, 6.45) is 0.861. The van der Waals surface area contributed by atoms with Crippen molar-refractivity contribution in [2.24, 2.45) is 0 Å². The zero-order valence-electron chi connectivity index (χ0n) is 11.3. The first-order chi connectivity index (χ1) is 8.76. The Bertz CT molecular complexity index is 316. The van der Waals surface area contributed by atoms with Gasteiger partial charge in [0.05, 0.1) is 7.11 Å². The summed E-state index contributed by atoms with van der Waals surface area (Å²) in [7, 11) is 3.79. The fourth-order valence-electron chi connectivity index (χ4n) is 1.58. The van der Waals surface area contributed by atoms with Crippen LogP contribution in [0, 0.1) is 0 Å². The van der Waals surface area contributed by atoms with Gasteiger partial charge in [-0.15, -0.1) is 0 Å². The molecule has 4 heteroatoms. The number of aliphatic hydroxyl groups is 1. The van der Waals surface area contributed by atoms with E-state index in [2.05, 4.69) is 24.1 Å². The lowest BCUT2D eigenvalue weighted by molar-refractivity contribution is 0.253. The molecule has 1 rings (SSSR count). The highest BCUT2D eigenvalue weighted by Gasteiger charge is 1.99. The molecule has 18 heavy (non-hydrogen) atoms. The smallest absolute Gasteiger partial charge is 0.118 e. The highest BCUT2D eigenvalue weighted by Crippen LogP contribution is 2.16. The Kier molecular flexibility index (Phi) is 7.89. The monoisotopic (exact) mass is 269 g/mol. The van der Waals surface area contributed by atoms with Gasteiger partial charge in [0.15, 0.2) is 0 Å². The second-order valence-electron chi connectivity index (χ2n) is 4.28. The second kappa shape index (κ2) is 9.25.